The molecule has 0 amide bonds. The smallest absolute Gasteiger partial charge is 0.197 e. The maximum atomic E-state index is 13.1. The molecule has 13 heavy (non-hydrogen) atoms. The number of carbonyl (C=O) groups is 1. The molecular formula is C10H8F2O. The van der Waals surface area contributed by atoms with Crippen molar-refractivity contribution < 1.29 is 13.6 Å². The van der Waals surface area contributed by atoms with Gasteiger partial charge in [-0.25, -0.2) is 8.78 Å². The molecule has 3 heteroatoms. The topological polar surface area (TPSA) is 17.1 Å². The fourth-order valence-electron chi connectivity index (χ4n) is 1.71. The average molecular weight is 182 g/mol. The SMILES string of the molecule is Cc1ccc(F)c2c1C(=O)C(F)C2. The van der Waals surface area contributed by atoms with Gasteiger partial charge in [-0.2, -0.15) is 0 Å². The van der Waals surface area contributed by atoms with Gasteiger partial charge in [0.25, 0.3) is 0 Å². The van der Waals surface area contributed by atoms with E-state index in [0.717, 1.165) is 0 Å². The van der Waals surface area contributed by atoms with Crippen molar-refractivity contribution >= 4 is 5.78 Å². The van der Waals surface area contributed by atoms with E-state index in [2.05, 4.69) is 0 Å². The van der Waals surface area contributed by atoms with Crippen LogP contribution in [0, 0.1) is 12.7 Å². The van der Waals surface area contributed by atoms with Gasteiger partial charge in [0.1, 0.15) is 5.82 Å². The molecule has 1 atom stereocenters. The van der Waals surface area contributed by atoms with E-state index in [-0.39, 0.29) is 17.5 Å². The lowest BCUT2D eigenvalue weighted by Crippen LogP contribution is -2.09. The molecule has 0 N–H and O–H groups in total. The van der Waals surface area contributed by atoms with E-state index in [1.165, 1.54) is 12.1 Å². The standard InChI is InChI=1S/C10H8F2O/c1-5-2-3-7(11)6-4-8(12)10(13)9(5)6/h2-3,8H,4H2,1H3. The largest absolute Gasteiger partial charge is 0.291 e. The van der Waals surface area contributed by atoms with E-state index in [0.29, 0.717) is 5.56 Å². The van der Waals surface area contributed by atoms with Crippen molar-refractivity contribution in [1.82, 2.24) is 0 Å². The predicted octanol–water partition coefficient (Wildman–Crippen LogP) is 2.21. The first-order valence-electron chi connectivity index (χ1n) is 4.07. The summed E-state index contributed by atoms with van der Waals surface area (Å²) < 4.78 is 26.1. The van der Waals surface area contributed by atoms with Gasteiger partial charge in [-0.1, -0.05) is 6.07 Å². The summed E-state index contributed by atoms with van der Waals surface area (Å²) in [6.45, 7) is 1.69. The highest BCUT2D eigenvalue weighted by Gasteiger charge is 2.33. The van der Waals surface area contributed by atoms with Gasteiger partial charge in [0.15, 0.2) is 12.0 Å². The summed E-state index contributed by atoms with van der Waals surface area (Å²) in [7, 11) is 0. The lowest BCUT2D eigenvalue weighted by atomic mass is 10.0. The summed E-state index contributed by atoms with van der Waals surface area (Å²) in [6.07, 6.45) is -1.66. The molecule has 1 aliphatic rings. The maximum absolute atomic E-state index is 13.1. The molecule has 1 aromatic carbocycles. The van der Waals surface area contributed by atoms with Gasteiger partial charge < -0.3 is 0 Å². The number of Topliss-reactive ketones (excluding diaryl/α,β-unsaturated/α-hetero) is 1. The highest BCUT2D eigenvalue weighted by molar-refractivity contribution is 6.05. The van der Waals surface area contributed by atoms with Crippen molar-refractivity contribution in [2.45, 2.75) is 19.5 Å². The van der Waals surface area contributed by atoms with Crippen LogP contribution < -0.4 is 0 Å². The Balaban J connectivity index is 2.68. The Morgan fingerprint density at radius 1 is 1.46 bits per heavy atom. The maximum Gasteiger partial charge on any atom is 0.197 e. The fraction of sp³-hybridized carbons (Fsp3) is 0.300. The fourth-order valence-corrected chi connectivity index (χ4v) is 1.71. The van der Waals surface area contributed by atoms with Crippen LogP contribution in [0.1, 0.15) is 21.5 Å². The molecule has 2 rings (SSSR count). The van der Waals surface area contributed by atoms with Gasteiger partial charge in [-0.05, 0) is 18.6 Å². The first-order valence-corrected chi connectivity index (χ1v) is 4.07. The van der Waals surface area contributed by atoms with Gasteiger partial charge in [0.05, 0.1) is 0 Å². The zero-order chi connectivity index (χ0) is 9.59. The molecule has 1 unspecified atom stereocenters. The summed E-state index contributed by atoms with van der Waals surface area (Å²) >= 11 is 0. The third-order valence-electron chi connectivity index (χ3n) is 2.38. The minimum Gasteiger partial charge on any atom is -0.291 e. The Morgan fingerprint density at radius 3 is 2.77 bits per heavy atom. The van der Waals surface area contributed by atoms with E-state index in [1.54, 1.807) is 6.92 Å². The third kappa shape index (κ3) is 1.07. The van der Waals surface area contributed by atoms with Crippen LogP contribution in [-0.2, 0) is 6.42 Å². The highest BCUT2D eigenvalue weighted by atomic mass is 19.1. The quantitative estimate of drug-likeness (QED) is 0.601. The van der Waals surface area contributed by atoms with Crippen LogP contribution in [0.2, 0.25) is 0 Å². The van der Waals surface area contributed by atoms with E-state index >= 15 is 0 Å². The normalized spacial score (nSPS) is 20.5. The van der Waals surface area contributed by atoms with Crippen molar-refractivity contribution in [3.8, 4) is 0 Å². The second-order valence-electron chi connectivity index (χ2n) is 3.25. The van der Waals surface area contributed by atoms with Gasteiger partial charge in [0.2, 0.25) is 0 Å². The first kappa shape index (κ1) is 8.35. The molecule has 1 aromatic rings. The average Bonchev–Trinajstić information content (AvgIpc) is 2.38. The van der Waals surface area contributed by atoms with Crippen LogP contribution in [-0.4, -0.2) is 12.0 Å². The van der Waals surface area contributed by atoms with Gasteiger partial charge in [-0.3, -0.25) is 4.79 Å². The molecule has 0 heterocycles. The molecule has 0 bridgehead atoms. The van der Waals surface area contributed by atoms with Crippen molar-refractivity contribution in [2.75, 3.05) is 0 Å². The van der Waals surface area contributed by atoms with Crippen LogP contribution >= 0.6 is 0 Å². The number of alkyl halides is 1. The van der Waals surface area contributed by atoms with Crippen molar-refractivity contribution in [3.05, 3.63) is 34.6 Å². The summed E-state index contributed by atoms with van der Waals surface area (Å²) in [5.41, 5.74) is 1.13. The number of aryl methyl sites for hydroxylation is 1. The van der Waals surface area contributed by atoms with Gasteiger partial charge in [0, 0.05) is 17.5 Å². The Hall–Kier alpha value is -1.25. The van der Waals surface area contributed by atoms with Gasteiger partial charge >= 0.3 is 0 Å². The second-order valence-corrected chi connectivity index (χ2v) is 3.25. The molecule has 0 saturated carbocycles. The first-order chi connectivity index (χ1) is 6.11. The zero-order valence-electron chi connectivity index (χ0n) is 7.10. The monoisotopic (exact) mass is 182 g/mol. The van der Waals surface area contributed by atoms with Crippen molar-refractivity contribution in [1.29, 1.82) is 0 Å². The number of rotatable bonds is 0. The predicted molar refractivity (Wildman–Crippen MR) is 44.1 cm³/mol. The molecular weight excluding hydrogens is 174 g/mol. The van der Waals surface area contributed by atoms with E-state index in [1.807, 2.05) is 0 Å². The van der Waals surface area contributed by atoms with E-state index in [4.69, 9.17) is 0 Å². The Kier molecular flexibility index (Phi) is 1.68. The minimum absolute atomic E-state index is 0.109. The molecule has 1 nitrogen and oxygen atoms in total. The van der Waals surface area contributed by atoms with Crippen LogP contribution in [0.15, 0.2) is 12.1 Å². The lowest BCUT2D eigenvalue weighted by molar-refractivity contribution is 0.0898. The van der Waals surface area contributed by atoms with E-state index < -0.39 is 17.8 Å². The zero-order valence-corrected chi connectivity index (χ0v) is 7.10. The molecule has 1 aliphatic carbocycles. The molecule has 0 aliphatic heterocycles. The van der Waals surface area contributed by atoms with Gasteiger partial charge in [-0.15, -0.1) is 0 Å². The molecule has 68 valence electrons. The molecule has 0 spiro atoms. The van der Waals surface area contributed by atoms with Crippen molar-refractivity contribution in [2.24, 2.45) is 0 Å². The molecule has 0 saturated heterocycles. The number of ketones is 1. The highest BCUT2D eigenvalue weighted by Crippen LogP contribution is 2.29. The third-order valence-corrected chi connectivity index (χ3v) is 2.38. The van der Waals surface area contributed by atoms with Crippen LogP contribution in [0.5, 0.6) is 0 Å². The number of hydrogen-bond acceptors (Lipinski definition) is 1. The lowest BCUT2D eigenvalue weighted by Gasteiger charge is -2.01. The number of carbonyl (C=O) groups excluding carboxylic acids is 1. The summed E-state index contributed by atoms with van der Waals surface area (Å²) in [6, 6.07) is 2.78. The number of halogens is 2. The van der Waals surface area contributed by atoms with Crippen LogP contribution in [0.25, 0.3) is 0 Å². The number of benzene rings is 1. The Morgan fingerprint density at radius 2 is 2.15 bits per heavy atom. The van der Waals surface area contributed by atoms with Crippen molar-refractivity contribution in [3.63, 3.8) is 0 Å². The Labute approximate surface area is 74.4 Å². The molecule has 0 fully saturated rings. The molecule has 0 radical (unpaired) electrons. The minimum atomic E-state index is -1.55. The summed E-state index contributed by atoms with van der Waals surface area (Å²) in [5, 5.41) is 0. The van der Waals surface area contributed by atoms with Crippen LogP contribution in [0.4, 0.5) is 8.78 Å². The Bertz CT molecular complexity index is 385. The number of hydrogen-bond donors (Lipinski definition) is 0. The number of fused-ring (bicyclic) bond motifs is 1. The summed E-state index contributed by atoms with van der Waals surface area (Å²) in [4.78, 5) is 11.2. The second kappa shape index (κ2) is 2.62. The van der Waals surface area contributed by atoms with E-state index in [9.17, 15) is 13.6 Å². The molecule has 0 aromatic heterocycles. The summed E-state index contributed by atoms with van der Waals surface area (Å²) in [5.74, 6) is -1.05. The van der Waals surface area contributed by atoms with Crippen LogP contribution in [0.3, 0.4) is 0 Å².